The molecule has 1 aliphatic heterocycles. The standard InChI is InChI=1S/C28H54S/c1-2-3-4-5-6-7-8-9-10-11-12-13-14-15-16-17-18-19-20-21-22-23-26-29-27-24-25-28-29/h24-25,27-29H,2-23,26H2,1H3. The molecule has 0 aliphatic carbocycles. The number of hydrogen-bond acceptors (Lipinski definition) is 0. The maximum Gasteiger partial charge on any atom is -0.0185 e. The van der Waals surface area contributed by atoms with Gasteiger partial charge in [0.1, 0.15) is 0 Å². The Hall–Kier alpha value is -0.170. The summed E-state index contributed by atoms with van der Waals surface area (Å²) >= 11 is 0. The molecule has 0 aromatic carbocycles. The molecule has 0 N–H and O–H groups in total. The van der Waals surface area contributed by atoms with Gasteiger partial charge in [-0.2, -0.15) is 0 Å². The summed E-state index contributed by atoms with van der Waals surface area (Å²) in [5.74, 6) is 1.43. The number of unbranched alkanes of at least 4 members (excludes halogenated alkanes) is 21. The second kappa shape index (κ2) is 22.5. The van der Waals surface area contributed by atoms with Crippen molar-refractivity contribution in [2.45, 2.75) is 148 Å². The highest BCUT2D eigenvalue weighted by Gasteiger charge is 1.99. The SMILES string of the molecule is CCCCCCCCCCCCCCCCCCCCCCCC[SH]1C=CC=C1. The lowest BCUT2D eigenvalue weighted by Gasteiger charge is -2.09. The van der Waals surface area contributed by atoms with Crippen molar-refractivity contribution in [1.82, 2.24) is 0 Å². The van der Waals surface area contributed by atoms with Crippen LogP contribution in [0.25, 0.3) is 0 Å². The Kier molecular flexibility index (Phi) is 20.9. The highest BCUT2D eigenvalue weighted by Crippen LogP contribution is 2.33. The van der Waals surface area contributed by atoms with E-state index in [2.05, 4.69) is 29.9 Å². The van der Waals surface area contributed by atoms with Gasteiger partial charge >= 0.3 is 0 Å². The molecule has 0 nitrogen and oxygen atoms in total. The summed E-state index contributed by atoms with van der Waals surface area (Å²) < 4.78 is 0. The lowest BCUT2D eigenvalue weighted by atomic mass is 10.0. The Morgan fingerprint density at radius 1 is 0.379 bits per heavy atom. The lowest BCUT2D eigenvalue weighted by Crippen LogP contribution is -1.86. The molecular formula is C28H54S. The molecule has 0 spiro atoms. The number of allylic oxidation sites excluding steroid dienone is 2. The van der Waals surface area contributed by atoms with Gasteiger partial charge in [0.25, 0.3) is 0 Å². The molecule has 0 amide bonds. The van der Waals surface area contributed by atoms with Gasteiger partial charge in [0.2, 0.25) is 0 Å². The summed E-state index contributed by atoms with van der Waals surface area (Å²) in [6.07, 6.45) is 36.9. The van der Waals surface area contributed by atoms with Gasteiger partial charge in [-0.3, -0.25) is 0 Å². The van der Waals surface area contributed by atoms with Crippen LogP contribution < -0.4 is 0 Å². The van der Waals surface area contributed by atoms with Gasteiger partial charge in [-0.1, -0.05) is 154 Å². The molecule has 1 heteroatoms. The quantitative estimate of drug-likeness (QED) is 0.123. The number of hydrogen-bond donors (Lipinski definition) is 1. The van der Waals surface area contributed by atoms with Crippen molar-refractivity contribution in [2.24, 2.45) is 0 Å². The Morgan fingerprint density at radius 2 is 0.655 bits per heavy atom. The van der Waals surface area contributed by atoms with Gasteiger partial charge in [0.05, 0.1) is 0 Å². The summed E-state index contributed by atoms with van der Waals surface area (Å²) in [4.78, 5) is 0. The first-order chi connectivity index (χ1) is 14.4. The normalized spacial score (nSPS) is 14.3. The molecule has 0 atom stereocenters. The number of rotatable bonds is 23. The monoisotopic (exact) mass is 422 g/mol. The zero-order chi connectivity index (χ0) is 20.7. The fourth-order valence-corrected chi connectivity index (χ4v) is 6.05. The molecule has 172 valence electrons. The summed E-state index contributed by atoms with van der Waals surface area (Å²) in [6.45, 7) is 2.30. The van der Waals surface area contributed by atoms with Crippen molar-refractivity contribution in [1.29, 1.82) is 0 Å². The maximum absolute atomic E-state index is 2.41. The van der Waals surface area contributed by atoms with Crippen LogP contribution >= 0.6 is 10.9 Å². The Balaban J connectivity index is 1.62. The Morgan fingerprint density at radius 3 is 0.966 bits per heavy atom. The molecule has 0 saturated heterocycles. The Labute approximate surface area is 187 Å². The second-order valence-corrected chi connectivity index (χ2v) is 11.4. The third-order valence-electron chi connectivity index (χ3n) is 6.44. The number of thiol groups is 1. The van der Waals surface area contributed by atoms with Crippen LogP contribution in [0.3, 0.4) is 0 Å². The molecule has 1 aliphatic rings. The fourth-order valence-electron chi connectivity index (χ4n) is 4.42. The van der Waals surface area contributed by atoms with E-state index in [1.165, 1.54) is 147 Å². The van der Waals surface area contributed by atoms with Crippen LogP contribution in [-0.4, -0.2) is 5.75 Å². The highest BCUT2D eigenvalue weighted by molar-refractivity contribution is 8.22. The molecule has 0 unspecified atom stereocenters. The van der Waals surface area contributed by atoms with E-state index in [-0.39, 0.29) is 10.9 Å². The lowest BCUT2D eigenvalue weighted by molar-refractivity contribution is 0.520. The molecule has 1 heterocycles. The highest BCUT2D eigenvalue weighted by atomic mass is 32.2. The summed E-state index contributed by atoms with van der Waals surface area (Å²) in [6, 6.07) is 0. The van der Waals surface area contributed by atoms with E-state index in [1.54, 1.807) is 0 Å². The second-order valence-electron chi connectivity index (χ2n) is 9.35. The molecule has 0 aromatic heterocycles. The van der Waals surface area contributed by atoms with Crippen molar-refractivity contribution in [3.05, 3.63) is 23.0 Å². The summed E-state index contributed by atoms with van der Waals surface area (Å²) in [5.41, 5.74) is 0. The minimum absolute atomic E-state index is 0.147. The molecule has 0 aromatic rings. The topological polar surface area (TPSA) is 0 Å². The fraction of sp³-hybridized carbons (Fsp3) is 0.857. The molecule has 0 radical (unpaired) electrons. The molecule has 0 fully saturated rings. The van der Waals surface area contributed by atoms with Gasteiger partial charge in [-0.05, 0) is 23.0 Å². The van der Waals surface area contributed by atoms with Crippen LogP contribution in [0.1, 0.15) is 148 Å². The first kappa shape index (κ1) is 26.9. The van der Waals surface area contributed by atoms with E-state index in [0.29, 0.717) is 0 Å². The van der Waals surface area contributed by atoms with Crippen molar-refractivity contribution >= 4 is 10.9 Å². The van der Waals surface area contributed by atoms with Gasteiger partial charge in [0, 0.05) is 0 Å². The molecule has 29 heavy (non-hydrogen) atoms. The van der Waals surface area contributed by atoms with Crippen LogP contribution in [0.15, 0.2) is 23.0 Å². The maximum atomic E-state index is 2.41. The first-order valence-corrected chi connectivity index (χ1v) is 15.2. The van der Waals surface area contributed by atoms with E-state index in [4.69, 9.17) is 0 Å². The van der Waals surface area contributed by atoms with Crippen molar-refractivity contribution in [2.75, 3.05) is 5.75 Å². The van der Waals surface area contributed by atoms with Crippen LogP contribution in [0.4, 0.5) is 0 Å². The molecule has 0 saturated carbocycles. The van der Waals surface area contributed by atoms with Crippen LogP contribution in [-0.2, 0) is 0 Å². The van der Waals surface area contributed by atoms with E-state index in [9.17, 15) is 0 Å². The predicted molar refractivity (Wildman–Crippen MR) is 139 cm³/mol. The minimum atomic E-state index is 0.147. The van der Waals surface area contributed by atoms with Gasteiger partial charge < -0.3 is 0 Å². The largest absolute Gasteiger partial charge is 0.213 e. The van der Waals surface area contributed by atoms with Crippen molar-refractivity contribution in [3.63, 3.8) is 0 Å². The van der Waals surface area contributed by atoms with E-state index < -0.39 is 0 Å². The van der Waals surface area contributed by atoms with E-state index >= 15 is 0 Å². The average molecular weight is 423 g/mol. The molecular weight excluding hydrogens is 368 g/mol. The third-order valence-corrected chi connectivity index (χ3v) is 8.38. The van der Waals surface area contributed by atoms with Crippen LogP contribution in [0.5, 0.6) is 0 Å². The van der Waals surface area contributed by atoms with Gasteiger partial charge in [0.15, 0.2) is 0 Å². The van der Waals surface area contributed by atoms with Crippen molar-refractivity contribution in [3.8, 4) is 0 Å². The Bertz CT molecular complexity index is 359. The van der Waals surface area contributed by atoms with E-state index in [0.717, 1.165) is 0 Å². The summed E-state index contributed by atoms with van der Waals surface area (Å²) in [5, 5.41) is 4.82. The van der Waals surface area contributed by atoms with E-state index in [1.807, 2.05) is 0 Å². The average Bonchev–Trinajstić information content (AvgIpc) is 3.25. The first-order valence-electron chi connectivity index (χ1n) is 13.5. The molecule has 0 bridgehead atoms. The predicted octanol–water partition coefficient (Wildman–Crippen LogP) is 10.6. The smallest absolute Gasteiger partial charge is 0.0185 e. The van der Waals surface area contributed by atoms with Crippen LogP contribution in [0, 0.1) is 0 Å². The van der Waals surface area contributed by atoms with Crippen molar-refractivity contribution < 1.29 is 0 Å². The zero-order valence-electron chi connectivity index (χ0n) is 20.0. The zero-order valence-corrected chi connectivity index (χ0v) is 20.9. The summed E-state index contributed by atoms with van der Waals surface area (Å²) in [7, 11) is 0.147. The van der Waals surface area contributed by atoms with Gasteiger partial charge in [-0.15, -0.1) is 0 Å². The molecule has 1 rings (SSSR count). The van der Waals surface area contributed by atoms with Crippen LogP contribution in [0.2, 0.25) is 0 Å². The third kappa shape index (κ3) is 19.5. The van der Waals surface area contributed by atoms with Gasteiger partial charge in [-0.25, -0.2) is 10.9 Å². The minimum Gasteiger partial charge on any atom is -0.213 e.